The van der Waals surface area contributed by atoms with Crippen molar-refractivity contribution in [1.82, 2.24) is 0 Å². The van der Waals surface area contributed by atoms with Crippen LogP contribution < -0.4 is 10.6 Å². The Labute approximate surface area is 217 Å². The van der Waals surface area contributed by atoms with Crippen molar-refractivity contribution in [3.8, 4) is 0 Å². The fraction of sp³-hybridized carbons (Fsp3) is 0.548. The molecule has 2 amide bonds. The summed E-state index contributed by atoms with van der Waals surface area (Å²) in [6.45, 7) is 12.8. The van der Waals surface area contributed by atoms with Gasteiger partial charge in [-0.05, 0) is 100 Å². The first-order chi connectivity index (χ1) is 16.9. The zero-order valence-electron chi connectivity index (χ0n) is 22.9. The van der Waals surface area contributed by atoms with Gasteiger partial charge in [0, 0.05) is 23.2 Å². The summed E-state index contributed by atoms with van der Waals surface area (Å²) in [5.41, 5.74) is 3.50. The molecule has 1 aliphatic carbocycles. The molecule has 1 fully saturated rings. The van der Waals surface area contributed by atoms with E-state index in [9.17, 15) is 9.59 Å². The van der Waals surface area contributed by atoms with Gasteiger partial charge in [-0.2, -0.15) is 0 Å². The number of ether oxygens (including phenoxy) is 1. The van der Waals surface area contributed by atoms with Crippen LogP contribution in [0.3, 0.4) is 0 Å². The minimum atomic E-state index is -0.420. The molecule has 0 bridgehead atoms. The van der Waals surface area contributed by atoms with Gasteiger partial charge in [-0.3, -0.25) is 9.59 Å². The van der Waals surface area contributed by atoms with Crippen molar-refractivity contribution in [1.29, 1.82) is 0 Å². The molecule has 0 heterocycles. The second kappa shape index (κ2) is 12.1. The van der Waals surface area contributed by atoms with Crippen LogP contribution in [-0.2, 0) is 20.7 Å². The molecule has 1 aliphatic rings. The first-order valence-electron chi connectivity index (χ1n) is 13.3. The third-order valence-corrected chi connectivity index (χ3v) is 6.73. The van der Waals surface area contributed by atoms with Gasteiger partial charge in [-0.15, -0.1) is 0 Å². The van der Waals surface area contributed by atoms with E-state index in [4.69, 9.17) is 4.74 Å². The van der Waals surface area contributed by atoms with Gasteiger partial charge in [0.1, 0.15) is 0 Å². The van der Waals surface area contributed by atoms with Crippen LogP contribution in [0.4, 0.5) is 11.4 Å². The van der Waals surface area contributed by atoms with E-state index in [1.165, 1.54) is 11.1 Å². The van der Waals surface area contributed by atoms with Crippen molar-refractivity contribution < 1.29 is 14.3 Å². The second-order valence-electron chi connectivity index (χ2n) is 12.3. The highest BCUT2D eigenvalue weighted by Gasteiger charge is 2.25. The number of hydrogen-bond acceptors (Lipinski definition) is 3. The molecule has 196 valence electrons. The number of hydrogen-bond donors (Lipinski definition) is 2. The van der Waals surface area contributed by atoms with Gasteiger partial charge in [0.05, 0.1) is 12.2 Å². The van der Waals surface area contributed by atoms with Crippen LogP contribution in [0, 0.1) is 17.3 Å². The fourth-order valence-electron chi connectivity index (χ4n) is 4.41. The van der Waals surface area contributed by atoms with Crippen molar-refractivity contribution in [3.63, 3.8) is 0 Å². The molecular formula is C31H44N2O3. The van der Waals surface area contributed by atoms with E-state index in [2.05, 4.69) is 43.5 Å². The molecule has 1 saturated carbocycles. The lowest BCUT2D eigenvalue weighted by Gasteiger charge is -2.30. The standard InChI is InChI=1S/C31H44N2O3/c1-30(2,3)29(35)33-27-17-13-23(14-18-27)19-22-11-15-26(16-12-22)32-28(34)20-24-7-9-25(10-8-24)21-36-31(4,5)6/h11-18,24-25H,7-10,19-21H2,1-6H3,(H,32,34)(H,33,35). The molecule has 0 aromatic heterocycles. The minimum absolute atomic E-state index is 0.00580. The number of carbonyl (C=O) groups is 2. The Morgan fingerprint density at radius 2 is 1.22 bits per heavy atom. The highest BCUT2D eigenvalue weighted by Crippen LogP contribution is 2.32. The summed E-state index contributed by atoms with van der Waals surface area (Å²) in [4.78, 5) is 24.8. The highest BCUT2D eigenvalue weighted by molar-refractivity contribution is 5.94. The van der Waals surface area contributed by atoms with E-state index < -0.39 is 5.41 Å². The van der Waals surface area contributed by atoms with Crippen LogP contribution in [0.25, 0.3) is 0 Å². The highest BCUT2D eigenvalue weighted by atomic mass is 16.5. The number of benzene rings is 2. The van der Waals surface area contributed by atoms with Crippen molar-refractivity contribution in [2.45, 2.75) is 85.7 Å². The topological polar surface area (TPSA) is 67.4 Å². The first kappa shape index (κ1) is 27.9. The minimum Gasteiger partial charge on any atom is -0.376 e. The largest absolute Gasteiger partial charge is 0.376 e. The van der Waals surface area contributed by atoms with Gasteiger partial charge in [0.15, 0.2) is 0 Å². The Morgan fingerprint density at radius 1 is 0.750 bits per heavy atom. The average molecular weight is 493 g/mol. The molecule has 36 heavy (non-hydrogen) atoms. The second-order valence-corrected chi connectivity index (χ2v) is 12.3. The van der Waals surface area contributed by atoms with Crippen molar-refractivity contribution in [2.75, 3.05) is 17.2 Å². The number of carbonyl (C=O) groups excluding carboxylic acids is 2. The normalized spacial score (nSPS) is 18.5. The lowest BCUT2D eigenvalue weighted by molar-refractivity contribution is -0.123. The van der Waals surface area contributed by atoms with E-state index >= 15 is 0 Å². The van der Waals surface area contributed by atoms with E-state index in [0.29, 0.717) is 18.3 Å². The van der Waals surface area contributed by atoms with Crippen LogP contribution in [0.1, 0.15) is 84.8 Å². The smallest absolute Gasteiger partial charge is 0.229 e. The Kier molecular flexibility index (Phi) is 9.35. The summed E-state index contributed by atoms with van der Waals surface area (Å²) in [5.74, 6) is 1.19. The summed E-state index contributed by atoms with van der Waals surface area (Å²) < 4.78 is 5.95. The average Bonchev–Trinajstić information content (AvgIpc) is 2.80. The van der Waals surface area contributed by atoms with E-state index in [0.717, 1.165) is 50.1 Å². The maximum atomic E-state index is 12.6. The van der Waals surface area contributed by atoms with Crippen LogP contribution in [0.15, 0.2) is 48.5 Å². The SMILES string of the molecule is CC(C)(C)OCC1CCC(CC(=O)Nc2ccc(Cc3ccc(NC(=O)C(C)(C)C)cc3)cc2)CC1. The molecule has 0 spiro atoms. The van der Waals surface area contributed by atoms with Gasteiger partial charge in [0.25, 0.3) is 0 Å². The molecule has 3 rings (SSSR count). The summed E-state index contributed by atoms with van der Waals surface area (Å²) in [5, 5.41) is 6.03. The molecule has 2 aromatic carbocycles. The zero-order valence-corrected chi connectivity index (χ0v) is 22.9. The Hall–Kier alpha value is -2.66. The van der Waals surface area contributed by atoms with E-state index in [1.54, 1.807) is 0 Å². The summed E-state index contributed by atoms with van der Waals surface area (Å²) in [7, 11) is 0. The summed E-state index contributed by atoms with van der Waals surface area (Å²) in [6.07, 6.45) is 5.88. The summed E-state index contributed by atoms with van der Waals surface area (Å²) in [6, 6.07) is 16.0. The molecule has 2 N–H and O–H groups in total. The number of rotatable bonds is 8. The fourth-order valence-corrected chi connectivity index (χ4v) is 4.41. The van der Waals surface area contributed by atoms with Gasteiger partial charge in [0.2, 0.25) is 11.8 Å². The third-order valence-electron chi connectivity index (χ3n) is 6.73. The molecular weight excluding hydrogens is 448 g/mol. The van der Waals surface area contributed by atoms with Crippen LogP contribution >= 0.6 is 0 Å². The lowest BCUT2D eigenvalue weighted by Crippen LogP contribution is -2.27. The molecule has 5 nitrogen and oxygen atoms in total. The predicted octanol–water partition coefficient (Wildman–Crippen LogP) is 7.21. The molecule has 0 radical (unpaired) electrons. The molecule has 0 atom stereocenters. The molecule has 0 aliphatic heterocycles. The zero-order chi connectivity index (χ0) is 26.3. The quantitative estimate of drug-likeness (QED) is 0.409. The maximum absolute atomic E-state index is 12.6. The van der Waals surface area contributed by atoms with Crippen molar-refractivity contribution >= 4 is 23.2 Å². The number of amides is 2. The van der Waals surface area contributed by atoms with Crippen molar-refractivity contribution in [2.24, 2.45) is 17.3 Å². The lowest BCUT2D eigenvalue weighted by atomic mass is 9.80. The van der Waals surface area contributed by atoms with Crippen LogP contribution in [0.5, 0.6) is 0 Å². The maximum Gasteiger partial charge on any atom is 0.229 e. The van der Waals surface area contributed by atoms with Gasteiger partial charge in [-0.25, -0.2) is 0 Å². The Morgan fingerprint density at radius 3 is 1.69 bits per heavy atom. The van der Waals surface area contributed by atoms with Crippen LogP contribution in [-0.4, -0.2) is 24.0 Å². The number of anilines is 2. The monoisotopic (exact) mass is 492 g/mol. The third kappa shape index (κ3) is 9.42. The summed E-state index contributed by atoms with van der Waals surface area (Å²) >= 11 is 0. The van der Waals surface area contributed by atoms with E-state index in [1.807, 2.05) is 57.2 Å². The molecule has 5 heteroatoms. The molecule has 0 saturated heterocycles. The van der Waals surface area contributed by atoms with Gasteiger partial charge < -0.3 is 15.4 Å². The van der Waals surface area contributed by atoms with Crippen molar-refractivity contribution in [3.05, 3.63) is 59.7 Å². The van der Waals surface area contributed by atoms with Gasteiger partial charge in [-0.1, -0.05) is 45.0 Å². The number of nitrogens with one attached hydrogen (secondary N) is 2. The molecule has 0 unspecified atom stereocenters. The molecule has 2 aromatic rings. The van der Waals surface area contributed by atoms with Gasteiger partial charge >= 0.3 is 0 Å². The Balaban J connectivity index is 1.41. The van der Waals surface area contributed by atoms with Crippen LogP contribution in [0.2, 0.25) is 0 Å². The first-order valence-corrected chi connectivity index (χ1v) is 13.3. The predicted molar refractivity (Wildman–Crippen MR) is 148 cm³/mol. The van der Waals surface area contributed by atoms with E-state index in [-0.39, 0.29) is 17.4 Å². The Bertz CT molecular complexity index is 990.